The van der Waals surface area contributed by atoms with Crippen molar-refractivity contribution in [1.29, 1.82) is 0 Å². The number of benzene rings is 1. The van der Waals surface area contributed by atoms with E-state index in [0.29, 0.717) is 5.56 Å². The number of fused-ring (bicyclic) bond motifs is 1. The molecule has 5 heteroatoms. The number of carbonyl (C=O) groups excluding carboxylic acids is 2. The summed E-state index contributed by atoms with van der Waals surface area (Å²) in [4.78, 5) is 22.0. The summed E-state index contributed by atoms with van der Waals surface area (Å²) in [5, 5.41) is 22.7. The van der Waals surface area contributed by atoms with Crippen LogP contribution in [0.3, 0.4) is 0 Å². The van der Waals surface area contributed by atoms with Crippen molar-refractivity contribution in [1.82, 2.24) is 4.57 Å². The second kappa shape index (κ2) is 5.77. The third-order valence-corrected chi connectivity index (χ3v) is 3.31. The summed E-state index contributed by atoms with van der Waals surface area (Å²) >= 11 is 0. The molecule has 0 fully saturated rings. The number of carbonyl (C=O) groups is 2. The smallest absolute Gasteiger partial charge is 0.0493 e. The molecule has 0 aliphatic carbocycles. The number of carboxylic acids is 2. The highest BCUT2D eigenvalue weighted by Crippen LogP contribution is 2.29. The molecule has 1 aromatic heterocycles. The first kappa shape index (κ1) is 14.1. The summed E-state index contributed by atoms with van der Waals surface area (Å²) in [6, 6.07) is 7.35. The number of hydrogen-bond donors (Lipinski definition) is 0. The Bertz CT molecular complexity index is 644. The van der Waals surface area contributed by atoms with E-state index in [4.69, 9.17) is 0 Å². The van der Waals surface area contributed by atoms with Crippen LogP contribution in [0.4, 0.5) is 0 Å². The Labute approximate surface area is 116 Å². The van der Waals surface area contributed by atoms with Gasteiger partial charge in [-0.05, 0) is 24.5 Å². The largest absolute Gasteiger partial charge is 0.550 e. The SMILES string of the molecule is CCCn1cc([C@H](CC(=O)[O-])C(=O)[O-])c2ccccc21. The van der Waals surface area contributed by atoms with Crippen molar-refractivity contribution in [3.05, 3.63) is 36.0 Å². The van der Waals surface area contributed by atoms with Gasteiger partial charge in [0.15, 0.2) is 0 Å². The number of rotatable bonds is 6. The van der Waals surface area contributed by atoms with Crippen molar-refractivity contribution in [2.75, 3.05) is 0 Å². The van der Waals surface area contributed by atoms with Crippen molar-refractivity contribution >= 4 is 22.8 Å². The average molecular weight is 273 g/mol. The van der Waals surface area contributed by atoms with Crippen LogP contribution < -0.4 is 10.2 Å². The van der Waals surface area contributed by atoms with E-state index in [1.807, 2.05) is 23.6 Å². The average Bonchev–Trinajstić information content (AvgIpc) is 2.75. The van der Waals surface area contributed by atoms with Gasteiger partial charge in [-0.15, -0.1) is 0 Å². The van der Waals surface area contributed by atoms with Gasteiger partial charge >= 0.3 is 0 Å². The summed E-state index contributed by atoms with van der Waals surface area (Å²) in [5.41, 5.74) is 1.37. The highest BCUT2D eigenvalue weighted by atomic mass is 16.4. The Hall–Kier alpha value is -2.30. The minimum Gasteiger partial charge on any atom is -0.550 e. The molecule has 5 nitrogen and oxygen atoms in total. The number of aliphatic carboxylic acids is 2. The van der Waals surface area contributed by atoms with Gasteiger partial charge in [0.25, 0.3) is 0 Å². The van der Waals surface area contributed by atoms with Crippen molar-refractivity contribution in [3.8, 4) is 0 Å². The van der Waals surface area contributed by atoms with Gasteiger partial charge in [0.05, 0.1) is 0 Å². The van der Waals surface area contributed by atoms with Crippen LogP contribution in [0.1, 0.15) is 31.2 Å². The molecule has 106 valence electrons. The minimum absolute atomic E-state index is 0.471. The second-order valence-corrected chi connectivity index (χ2v) is 4.74. The molecule has 1 heterocycles. The van der Waals surface area contributed by atoms with Crippen LogP contribution in [-0.2, 0) is 16.1 Å². The lowest BCUT2D eigenvalue weighted by atomic mass is 9.95. The molecule has 2 aromatic rings. The van der Waals surface area contributed by atoms with Crippen LogP contribution in [0, 0.1) is 0 Å². The molecule has 0 amide bonds. The summed E-state index contributed by atoms with van der Waals surface area (Å²) in [6.07, 6.45) is 2.02. The van der Waals surface area contributed by atoms with E-state index in [0.717, 1.165) is 23.9 Å². The van der Waals surface area contributed by atoms with Crippen molar-refractivity contribution in [3.63, 3.8) is 0 Å². The zero-order valence-electron chi connectivity index (χ0n) is 11.2. The van der Waals surface area contributed by atoms with E-state index in [-0.39, 0.29) is 0 Å². The molecule has 2 rings (SSSR count). The van der Waals surface area contributed by atoms with Gasteiger partial charge < -0.3 is 24.4 Å². The lowest BCUT2D eigenvalue weighted by Gasteiger charge is -2.18. The fraction of sp³-hybridized carbons (Fsp3) is 0.333. The number of hydrogen-bond acceptors (Lipinski definition) is 4. The van der Waals surface area contributed by atoms with E-state index >= 15 is 0 Å². The number of aromatic nitrogens is 1. The third kappa shape index (κ3) is 2.66. The van der Waals surface area contributed by atoms with Gasteiger partial charge in [0, 0.05) is 41.5 Å². The Morgan fingerprint density at radius 2 is 1.95 bits per heavy atom. The van der Waals surface area contributed by atoms with Gasteiger partial charge in [-0.3, -0.25) is 0 Å². The zero-order valence-corrected chi connectivity index (χ0v) is 11.2. The van der Waals surface area contributed by atoms with Gasteiger partial charge in [-0.2, -0.15) is 0 Å². The third-order valence-electron chi connectivity index (χ3n) is 3.31. The van der Waals surface area contributed by atoms with Gasteiger partial charge in [-0.1, -0.05) is 25.1 Å². The Morgan fingerprint density at radius 3 is 2.55 bits per heavy atom. The maximum atomic E-state index is 11.2. The molecule has 1 atom stereocenters. The molecular weight excluding hydrogens is 258 g/mol. The second-order valence-electron chi connectivity index (χ2n) is 4.74. The van der Waals surface area contributed by atoms with E-state index in [1.54, 1.807) is 18.3 Å². The molecular formula is C15H15NO4-2. The van der Waals surface area contributed by atoms with Crippen molar-refractivity contribution in [2.24, 2.45) is 0 Å². The first-order valence-corrected chi connectivity index (χ1v) is 6.53. The molecule has 0 saturated carbocycles. The summed E-state index contributed by atoms with van der Waals surface area (Å²) < 4.78 is 1.94. The minimum atomic E-state index is -1.40. The van der Waals surface area contributed by atoms with E-state index in [1.165, 1.54) is 0 Å². The lowest BCUT2D eigenvalue weighted by molar-refractivity contribution is -0.317. The fourth-order valence-corrected chi connectivity index (χ4v) is 2.47. The molecule has 0 N–H and O–H groups in total. The van der Waals surface area contributed by atoms with Crippen LogP contribution in [0.15, 0.2) is 30.5 Å². The Balaban J connectivity index is 2.56. The van der Waals surface area contributed by atoms with Gasteiger partial charge in [0.1, 0.15) is 0 Å². The molecule has 0 aliphatic heterocycles. The molecule has 20 heavy (non-hydrogen) atoms. The predicted octanol–water partition coefficient (Wildman–Crippen LogP) is 0.0248. The first-order valence-electron chi connectivity index (χ1n) is 6.53. The summed E-state index contributed by atoms with van der Waals surface area (Å²) in [5.74, 6) is -3.98. The first-order chi connectivity index (χ1) is 9.54. The quantitative estimate of drug-likeness (QED) is 0.743. The van der Waals surface area contributed by atoms with Crippen LogP contribution in [0.2, 0.25) is 0 Å². The Kier molecular flexibility index (Phi) is 4.08. The van der Waals surface area contributed by atoms with E-state index in [2.05, 4.69) is 0 Å². The molecule has 0 radical (unpaired) electrons. The normalized spacial score (nSPS) is 12.4. The van der Waals surface area contributed by atoms with Gasteiger partial charge in [-0.25, -0.2) is 0 Å². The number of para-hydroxylation sites is 1. The summed E-state index contributed by atoms with van der Waals surface area (Å²) in [6.45, 7) is 2.76. The molecule has 0 spiro atoms. The lowest BCUT2D eigenvalue weighted by Crippen LogP contribution is -2.34. The molecule has 1 aromatic carbocycles. The molecule has 0 bridgehead atoms. The van der Waals surface area contributed by atoms with Gasteiger partial charge in [0.2, 0.25) is 0 Å². The van der Waals surface area contributed by atoms with Crippen LogP contribution >= 0.6 is 0 Å². The maximum Gasteiger partial charge on any atom is 0.0493 e. The number of carboxylic acid groups (broad SMARTS) is 2. The fourth-order valence-electron chi connectivity index (χ4n) is 2.47. The van der Waals surface area contributed by atoms with Crippen molar-refractivity contribution < 1.29 is 19.8 Å². The van der Waals surface area contributed by atoms with Crippen molar-refractivity contribution in [2.45, 2.75) is 32.2 Å². The van der Waals surface area contributed by atoms with Crippen LogP contribution in [0.5, 0.6) is 0 Å². The monoisotopic (exact) mass is 273 g/mol. The number of aryl methyl sites for hydroxylation is 1. The van der Waals surface area contributed by atoms with E-state index < -0.39 is 24.3 Å². The molecule has 0 saturated heterocycles. The standard InChI is InChI=1S/C15H17NO4/c1-2-7-16-9-12(10-5-3-4-6-13(10)16)11(15(19)20)8-14(17)18/h3-6,9,11H,2,7-8H2,1H3,(H,17,18)(H,19,20)/p-2/t11-/m0/s1. The zero-order chi connectivity index (χ0) is 14.7. The number of nitrogens with zero attached hydrogens (tertiary/aromatic N) is 1. The summed E-state index contributed by atoms with van der Waals surface area (Å²) in [7, 11) is 0. The predicted molar refractivity (Wildman–Crippen MR) is 69.6 cm³/mol. The van der Waals surface area contributed by atoms with E-state index in [9.17, 15) is 19.8 Å². The highest BCUT2D eigenvalue weighted by Gasteiger charge is 2.19. The topological polar surface area (TPSA) is 85.2 Å². The molecule has 0 aliphatic rings. The Morgan fingerprint density at radius 1 is 1.25 bits per heavy atom. The molecule has 0 unspecified atom stereocenters. The van der Waals surface area contributed by atoms with Crippen LogP contribution in [-0.4, -0.2) is 16.5 Å². The highest BCUT2D eigenvalue weighted by molar-refractivity contribution is 5.91. The maximum absolute atomic E-state index is 11.2. The van der Waals surface area contributed by atoms with Crippen LogP contribution in [0.25, 0.3) is 10.9 Å².